The van der Waals surface area contributed by atoms with Crippen LogP contribution in [0.4, 0.5) is 0 Å². The zero-order valence-corrected chi connectivity index (χ0v) is 13.4. The van der Waals surface area contributed by atoms with E-state index in [1.165, 1.54) is 11.8 Å². The van der Waals surface area contributed by atoms with Crippen molar-refractivity contribution in [2.75, 3.05) is 6.26 Å². The maximum absolute atomic E-state index is 12.5. The minimum absolute atomic E-state index is 0.129. The Morgan fingerprint density at radius 2 is 2.09 bits per heavy atom. The van der Waals surface area contributed by atoms with Crippen LogP contribution in [0.1, 0.15) is 11.3 Å². The Morgan fingerprint density at radius 1 is 1.32 bits per heavy atom. The summed E-state index contributed by atoms with van der Waals surface area (Å²) in [7, 11) is 0. The third kappa shape index (κ3) is 3.10. The van der Waals surface area contributed by atoms with Crippen molar-refractivity contribution in [3.8, 4) is 0 Å². The quantitative estimate of drug-likeness (QED) is 0.797. The summed E-state index contributed by atoms with van der Waals surface area (Å²) in [4.78, 5) is 18.6. The van der Waals surface area contributed by atoms with Gasteiger partial charge in [-0.1, -0.05) is 35.5 Å². The predicted octanol–water partition coefficient (Wildman–Crippen LogP) is 4.04. The van der Waals surface area contributed by atoms with Crippen LogP contribution in [0, 0.1) is 0 Å². The molecule has 0 saturated heterocycles. The molecule has 2 aromatic rings. The second-order valence-electron chi connectivity index (χ2n) is 4.65. The molecule has 3 rings (SSSR count). The Morgan fingerprint density at radius 3 is 2.73 bits per heavy atom. The van der Waals surface area contributed by atoms with Gasteiger partial charge in [0, 0.05) is 5.02 Å². The van der Waals surface area contributed by atoms with Gasteiger partial charge in [-0.15, -0.1) is 0 Å². The summed E-state index contributed by atoms with van der Waals surface area (Å²) in [5.41, 5.74) is 1.30. The van der Waals surface area contributed by atoms with Gasteiger partial charge in [0.05, 0.1) is 12.8 Å². The highest BCUT2D eigenvalue weighted by atomic mass is 35.5. The molecule has 0 atom stereocenters. The summed E-state index contributed by atoms with van der Waals surface area (Å²) in [6.07, 6.45) is 5.25. The largest absolute Gasteiger partial charge is 0.467 e. The SMILES string of the molecule is CSC1=N/C(=C/c2ccc(Cl)cc2)C(=O)N1Cc1ccco1. The highest BCUT2D eigenvalue weighted by Gasteiger charge is 2.30. The first kappa shape index (κ1) is 14.9. The van der Waals surface area contributed by atoms with Gasteiger partial charge in [-0.25, -0.2) is 4.99 Å². The van der Waals surface area contributed by atoms with E-state index in [1.54, 1.807) is 35.4 Å². The highest BCUT2D eigenvalue weighted by Crippen LogP contribution is 2.25. The molecular formula is C16H13ClN2O2S. The van der Waals surface area contributed by atoms with Crippen molar-refractivity contribution in [2.45, 2.75) is 6.54 Å². The second kappa shape index (κ2) is 6.42. The number of carbonyl (C=O) groups is 1. The molecule has 1 aromatic carbocycles. The summed E-state index contributed by atoms with van der Waals surface area (Å²) in [5.74, 6) is 0.596. The summed E-state index contributed by atoms with van der Waals surface area (Å²) in [6.45, 7) is 0.378. The fourth-order valence-corrected chi connectivity index (χ4v) is 2.78. The number of furan rings is 1. The molecule has 1 aromatic heterocycles. The number of amides is 1. The molecule has 0 saturated carbocycles. The van der Waals surface area contributed by atoms with Crippen molar-refractivity contribution >= 4 is 40.5 Å². The van der Waals surface area contributed by atoms with E-state index in [1.807, 2.05) is 24.5 Å². The minimum atomic E-state index is -0.129. The Kier molecular flexibility index (Phi) is 4.36. The molecule has 22 heavy (non-hydrogen) atoms. The molecule has 0 spiro atoms. The first-order valence-electron chi connectivity index (χ1n) is 6.61. The molecule has 0 unspecified atom stereocenters. The Bertz CT molecular complexity index is 736. The third-order valence-electron chi connectivity index (χ3n) is 3.16. The highest BCUT2D eigenvalue weighted by molar-refractivity contribution is 8.13. The zero-order valence-electron chi connectivity index (χ0n) is 11.8. The van der Waals surface area contributed by atoms with E-state index >= 15 is 0 Å². The summed E-state index contributed by atoms with van der Waals surface area (Å²) >= 11 is 7.30. The Labute approximate surface area is 137 Å². The number of rotatable bonds is 3. The maximum Gasteiger partial charge on any atom is 0.278 e. The van der Waals surface area contributed by atoms with E-state index in [0.717, 1.165) is 11.3 Å². The number of benzene rings is 1. The van der Waals surface area contributed by atoms with Crippen molar-refractivity contribution in [1.29, 1.82) is 0 Å². The van der Waals surface area contributed by atoms with E-state index in [-0.39, 0.29) is 5.91 Å². The van der Waals surface area contributed by atoms with Gasteiger partial charge in [0.15, 0.2) is 5.17 Å². The van der Waals surface area contributed by atoms with Crippen molar-refractivity contribution in [3.05, 3.63) is 64.7 Å². The first-order valence-corrected chi connectivity index (χ1v) is 8.22. The van der Waals surface area contributed by atoms with Crippen LogP contribution in [0.5, 0.6) is 0 Å². The van der Waals surface area contributed by atoms with Crippen molar-refractivity contribution in [2.24, 2.45) is 4.99 Å². The van der Waals surface area contributed by atoms with Crippen LogP contribution < -0.4 is 0 Å². The van der Waals surface area contributed by atoms with Crippen LogP contribution in [-0.2, 0) is 11.3 Å². The van der Waals surface area contributed by atoms with Crippen LogP contribution >= 0.6 is 23.4 Å². The van der Waals surface area contributed by atoms with Crippen LogP contribution in [0.3, 0.4) is 0 Å². The average molecular weight is 333 g/mol. The molecule has 1 amide bonds. The van der Waals surface area contributed by atoms with Crippen LogP contribution in [-0.4, -0.2) is 22.2 Å². The van der Waals surface area contributed by atoms with Gasteiger partial charge in [-0.2, -0.15) is 0 Å². The standard InChI is InChI=1S/C16H13ClN2O2S/c1-22-16-18-14(9-11-4-6-12(17)7-5-11)15(20)19(16)10-13-3-2-8-21-13/h2-9H,10H2,1H3/b14-9+. The third-order valence-corrected chi connectivity index (χ3v) is 4.09. The van der Waals surface area contributed by atoms with Gasteiger partial charge < -0.3 is 4.42 Å². The molecule has 0 fully saturated rings. The molecular weight excluding hydrogens is 320 g/mol. The lowest BCUT2D eigenvalue weighted by atomic mass is 10.2. The molecule has 6 heteroatoms. The van der Waals surface area contributed by atoms with E-state index < -0.39 is 0 Å². The van der Waals surface area contributed by atoms with Gasteiger partial charge in [-0.3, -0.25) is 9.69 Å². The Hall–Kier alpha value is -1.98. The average Bonchev–Trinajstić information content (AvgIpc) is 3.13. The summed E-state index contributed by atoms with van der Waals surface area (Å²) in [5, 5.41) is 1.33. The number of hydrogen-bond donors (Lipinski definition) is 0. The number of nitrogens with zero attached hydrogens (tertiary/aromatic N) is 2. The van der Waals surface area contributed by atoms with Crippen molar-refractivity contribution < 1.29 is 9.21 Å². The fourth-order valence-electron chi connectivity index (χ4n) is 2.10. The number of carbonyl (C=O) groups excluding carboxylic acids is 1. The van der Waals surface area contributed by atoms with E-state index in [0.29, 0.717) is 22.4 Å². The first-order chi connectivity index (χ1) is 10.7. The summed E-state index contributed by atoms with van der Waals surface area (Å²) in [6, 6.07) is 10.9. The molecule has 2 heterocycles. The number of amidine groups is 1. The maximum atomic E-state index is 12.5. The molecule has 112 valence electrons. The lowest BCUT2D eigenvalue weighted by molar-refractivity contribution is -0.123. The Balaban J connectivity index is 1.86. The smallest absolute Gasteiger partial charge is 0.278 e. The van der Waals surface area contributed by atoms with Gasteiger partial charge in [0.2, 0.25) is 0 Å². The van der Waals surface area contributed by atoms with E-state index in [2.05, 4.69) is 4.99 Å². The fraction of sp³-hybridized carbons (Fsp3) is 0.125. The predicted molar refractivity (Wildman–Crippen MR) is 89.6 cm³/mol. The van der Waals surface area contributed by atoms with Gasteiger partial charge >= 0.3 is 0 Å². The summed E-state index contributed by atoms with van der Waals surface area (Å²) < 4.78 is 5.31. The monoisotopic (exact) mass is 332 g/mol. The molecule has 0 aliphatic carbocycles. The lowest BCUT2D eigenvalue weighted by Crippen LogP contribution is -2.29. The normalized spacial score (nSPS) is 16.5. The molecule has 1 aliphatic heterocycles. The number of thioether (sulfide) groups is 1. The van der Waals surface area contributed by atoms with Gasteiger partial charge in [0.1, 0.15) is 11.5 Å². The van der Waals surface area contributed by atoms with Gasteiger partial charge in [0.25, 0.3) is 5.91 Å². The number of halogens is 1. The second-order valence-corrected chi connectivity index (χ2v) is 5.86. The van der Waals surface area contributed by atoms with Crippen molar-refractivity contribution in [3.63, 3.8) is 0 Å². The van der Waals surface area contributed by atoms with Crippen LogP contribution in [0.15, 0.2) is 57.8 Å². The molecule has 4 nitrogen and oxygen atoms in total. The molecule has 1 aliphatic rings. The van der Waals surface area contributed by atoms with E-state index in [9.17, 15) is 4.79 Å². The van der Waals surface area contributed by atoms with Crippen molar-refractivity contribution in [1.82, 2.24) is 4.90 Å². The van der Waals surface area contributed by atoms with Crippen LogP contribution in [0.25, 0.3) is 6.08 Å². The number of aliphatic imine (C=N–C) groups is 1. The van der Waals surface area contributed by atoms with E-state index in [4.69, 9.17) is 16.0 Å². The topological polar surface area (TPSA) is 45.8 Å². The van der Waals surface area contributed by atoms with Gasteiger partial charge in [-0.05, 0) is 42.2 Å². The molecule has 0 radical (unpaired) electrons. The lowest BCUT2D eigenvalue weighted by Gasteiger charge is -2.14. The molecule has 0 N–H and O–H groups in total. The minimum Gasteiger partial charge on any atom is -0.467 e. The number of hydrogen-bond acceptors (Lipinski definition) is 4. The van der Waals surface area contributed by atoms with Crippen LogP contribution in [0.2, 0.25) is 5.02 Å². The molecule has 0 bridgehead atoms. The zero-order chi connectivity index (χ0) is 15.5.